The molecule has 0 spiro atoms. The van der Waals surface area contributed by atoms with E-state index < -0.39 is 0 Å². The van der Waals surface area contributed by atoms with E-state index >= 15 is 0 Å². The number of aryl methyl sites for hydroxylation is 2. The first-order valence-electron chi connectivity index (χ1n) is 8.54. The van der Waals surface area contributed by atoms with Crippen LogP contribution in [0.3, 0.4) is 0 Å². The molecule has 1 fully saturated rings. The number of ether oxygens (including phenoxy) is 1. The highest BCUT2D eigenvalue weighted by molar-refractivity contribution is 5.87. The van der Waals surface area contributed by atoms with Crippen molar-refractivity contribution in [1.82, 2.24) is 24.6 Å². The number of rotatable bonds is 6. The summed E-state index contributed by atoms with van der Waals surface area (Å²) in [5.41, 5.74) is -0.00221. The SMILES string of the molecule is CCn1nc(C)nc1NC(=O)N(C)CC(C)(C)CN1CCOCC1. The van der Waals surface area contributed by atoms with Crippen molar-refractivity contribution >= 4 is 12.0 Å². The van der Waals surface area contributed by atoms with Crippen LogP contribution >= 0.6 is 0 Å². The summed E-state index contributed by atoms with van der Waals surface area (Å²) in [6.45, 7) is 13.9. The van der Waals surface area contributed by atoms with E-state index in [0.29, 0.717) is 24.9 Å². The van der Waals surface area contributed by atoms with Crippen LogP contribution in [0.1, 0.15) is 26.6 Å². The van der Waals surface area contributed by atoms with E-state index in [9.17, 15) is 4.79 Å². The second kappa shape index (κ2) is 7.94. The predicted molar refractivity (Wildman–Crippen MR) is 93.1 cm³/mol. The Labute approximate surface area is 144 Å². The summed E-state index contributed by atoms with van der Waals surface area (Å²) < 4.78 is 7.09. The molecule has 1 aromatic rings. The fourth-order valence-corrected chi connectivity index (χ4v) is 3.09. The Balaban J connectivity index is 1.89. The predicted octanol–water partition coefficient (Wildman–Crippen LogP) is 1.43. The van der Waals surface area contributed by atoms with Crippen molar-refractivity contribution < 1.29 is 9.53 Å². The Morgan fingerprint density at radius 1 is 1.38 bits per heavy atom. The number of nitrogens with zero attached hydrogens (tertiary/aromatic N) is 5. The minimum absolute atomic E-state index is 0.00221. The largest absolute Gasteiger partial charge is 0.379 e. The van der Waals surface area contributed by atoms with Crippen LogP contribution in [0.5, 0.6) is 0 Å². The lowest BCUT2D eigenvalue weighted by molar-refractivity contribution is 0.0182. The molecule has 2 heterocycles. The second-order valence-corrected chi connectivity index (χ2v) is 7.14. The molecule has 1 N–H and O–H groups in total. The summed E-state index contributed by atoms with van der Waals surface area (Å²) >= 11 is 0. The molecule has 0 unspecified atom stereocenters. The van der Waals surface area contributed by atoms with E-state index in [0.717, 1.165) is 32.8 Å². The molecule has 1 saturated heterocycles. The lowest BCUT2D eigenvalue weighted by atomic mass is 9.92. The zero-order valence-corrected chi connectivity index (χ0v) is 15.5. The average molecular weight is 338 g/mol. The van der Waals surface area contributed by atoms with E-state index in [4.69, 9.17) is 4.74 Å². The lowest BCUT2D eigenvalue weighted by Gasteiger charge is -2.37. The molecule has 8 nitrogen and oxygen atoms in total. The number of carbonyl (C=O) groups excluding carboxylic acids is 1. The number of nitrogens with one attached hydrogen (secondary N) is 1. The fraction of sp³-hybridized carbons (Fsp3) is 0.812. The summed E-state index contributed by atoms with van der Waals surface area (Å²) in [5, 5.41) is 7.10. The van der Waals surface area contributed by atoms with Crippen LogP contribution in [0.2, 0.25) is 0 Å². The van der Waals surface area contributed by atoms with Gasteiger partial charge in [-0.05, 0) is 19.3 Å². The maximum atomic E-state index is 12.5. The van der Waals surface area contributed by atoms with Crippen LogP contribution in [0.25, 0.3) is 0 Å². The zero-order chi connectivity index (χ0) is 17.7. The van der Waals surface area contributed by atoms with Crippen LogP contribution in [0.4, 0.5) is 10.7 Å². The van der Waals surface area contributed by atoms with Gasteiger partial charge in [0.05, 0.1) is 13.2 Å². The van der Waals surface area contributed by atoms with Crippen molar-refractivity contribution in [1.29, 1.82) is 0 Å². The minimum Gasteiger partial charge on any atom is -0.379 e. The van der Waals surface area contributed by atoms with Gasteiger partial charge in [0.15, 0.2) is 0 Å². The molecule has 8 heteroatoms. The molecule has 136 valence electrons. The van der Waals surface area contributed by atoms with Crippen LogP contribution in [-0.2, 0) is 11.3 Å². The molecule has 2 rings (SSSR count). The summed E-state index contributed by atoms with van der Waals surface area (Å²) in [6, 6.07) is -0.160. The number of morpholine rings is 1. The number of amides is 2. The number of anilines is 1. The van der Waals surface area contributed by atoms with Gasteiger partial charge in [0.2, 0.25) is 5.95 Å². The molecule has 0 aliphatic carbocycles. The third-order valence-corrected chi connectivity index (χ3v) is 4.06. The summed E-state index contributed by atoms with van der Waals surface area (Å²) in [4.78, 5) is 20.8. The van der Waals surface area contributed by atoms with E-state index in [1.807, 2.05) is 20.9 Å². The van der Waals surface area contributed by atoms with Gasteiger partial charge in [-0.1, -0.05) is 13.8 Å². The topological polar surface area (TPSA) is 75.5 Å². The van der Waals surface area contributed by atoms with Gasteiger partial charge in [-0.3, -0.25) is 10.2 Å². The van der Waals surface area contributed by atoms with Gasteiger partial charge in [-0.25, -0.2) is 9.48 Å². The Bertz CT molecular complexity index is 551. The quantitative estimate of drug-likeness (QED) is 0.849. The van der Waals surface area contributed by atoms with Gasteiger partial charge in [-0.15, -0.1) is 0 Å². The lowest BCUT2D eigenvalue weighted by Crippen LogP contribution is -2.47. The van der Waals surface area contributed by atoms with E-state index in [1.54, 1.807) is 9.58 Å². The number of urea groups is 1. The number of hydrogen-bond donors (Lipinski definition) is 1. The third-order valence-electron chi connectivity index (χ3n) is 4.06. The van der Waals surface area contributed by atoms with E-state index in [2.05, 4.69) is 34.1 Å². The standard InChI is InChI=1S/C16H30N6O2/c1-6-22-14(17-13(2)19-22)18-15(23)20(5)11-16(3,4)12-21-7-9-24-10-8-21/h6-12H2,1-5H3,(H,17,18,19,23). The second-order valence-electron chi connectivity index (χ2n) is 7.14. The van der Waals surface area contributed by atoms with Crippen molar-refractivity contribution in [2.45, 2.75) is 34.2 Å². The molecule has 1 aliphatic rings. The first-order chi connectivity index (χ1) is 11.3. The normalized spacial score (nSPS) is 16.2. The summed E-state index contributed by atoms with van der Waals surface area (Å²) in [6.07, 6.45) is 0. The molecule has 0 aromatic carbocycles. The van der Waals surface area contributed by atoms with Gasteiger partial charge in [-0.2, -0.15) is 10.1 Å². The molecule has 0 atom stereocenters. The Hall–Kier alpha value is -1.67. The third kappa shape index (κ3) is 5.17. The van der Waals surface area contributed by atoms with Gasteiger partial charge in [0, 0.05) is 39.8 Å². The highest BCUT2D eigenvalue weighted by Gasteiger charge is 2.27. The summed E-state index contributed by atoms with van der Waals surface area (Å²) in [5.74, 6) is 1.15. The van der Waals surface area contributed by atoms with E-state index in [-0.39, 0.29) is 11.4 Å². The number of carbonyl (C=O) groups is 1. The van der Waals surface area contributed by atoms with Gasteiger partial charge < -0.3 is 9.64 Å². The molecule has 0 radical (unpaired) electrons. The molecule has 0 bridgehead atoms. The highest BCUT2D eigenvalue weighted by Crippen LogP contribution is 2.19. The summed E-state index contributed by atoms with van der Waals surface area (Å²) in [7, 11) is 1.82. The molecule has 24 heavy (non-hydrogen) atoms. The maximum absolute atomic E-state index is 12.5. The highest BCUT2D eigenvalue weighted by atomic mass is 16.5. The minimum atomic E-state index is -0.160. The first-order valence-corrected chi connectivity index (χ1v) is 8.54. The van der Waals surface area contributed by atoms with Gasteiger partial charge in [0.25, 0.3) is 0 Å². The van der Waals surface area contributed by atoms with Crippen LogP contribution in [-0.4, -0.2) is 77.0 Å². The Morgan fingerprint density at radius 2 is 2.04 bits per heavy atom. The van der Waals surface area contributed by atoms with Crippen molar-refractivity contribution in [3.05, 3.63) is 5.82 Å². The van der Waals surface area contributed by atoms with Crippen molar-refractivity contribution in [2.75, 3.05) is 51.8 Å². The molecular formula is C16H30N6O2. The van der Waals surface area contributed by atoms with E-state index in [1.165, 1.54) is 0 Å². The first kappa shape index (κ1) is 18.7. The number of hydrogen-bond acceptors (Lipinski definition) is 5. The smallest absolute Gasteiger partial charge is 0.323 e. The molecule has 1 aliphatic heterocycles. The fourth-order valence-electron chi connectivity index (χ4n) is 3.09. The van der Waals surface area contributed by atoms with Gasteiger partial charge >= 0.3 is 6.03 Å². The van der Waals surface area contributed by atoms with Crippen molar-refractivity contribution in [3.8, 4) is 0 Å². The average Bonchev–Trinajstić information content (AvgIpc) is 2.86. The Morgan fingerprint density at radius 3 is 2.67 bits per heavy atom. The monoisotopic (exact) mass is 338 g/mol. The zero-order valence-electron chi connectivity index (χ0n) is 15.5. The molecule has 0 saturated carbocycles. The van der Waals surface area contributed by atoms with Crippen molar-refractivity contribution in [2.24, 2.45) is 5.41 Å². The maximum Gasteiger partial charge on any atom is 0.323 e. The van der Waals surface area contributed by atoms with Crippen LogP contribution in [0.15, 0.2) is 0 Å². The number of aromatic nitrogens is 3. The molecule has 1 aromatic heterocycles. The molecule has 2 amide bonds. The van der Waals surface area contributed by atoms with Crippen LogP contribution in [0, 0.1) is 12.3 Å². The van der Waals surface area contributed by atoms with Gasteiger partial charge in [0.1, 0.15) is 5.82 Å². The van der Waals surface area contributed by atoms with Crippen LogP contribution < -0.4 is 5.32 Å². The molecular weight excluding hydrogens is 308 g/mol. The van der Waals surface area contributed by atoms with Crippen molar-refractivity contribution in [3.63, 3.8) is 0 Å². The Kier molecular flexibility index (Phi) is 6.17.